The maximum atomic E-state index is 13.3. The topological polar surface area (TPSA) is 86.5 Å². The van der Waals surface area contributed by atoms with Crippen molar-refractivity contribution in [2.24, 2.45) is 0 Å². The van der Waals surface area contributed by atoms with E-state index in [1.165, 1.54) is 5.56 Å². The molecule has 0 saturated heterocycles. The number of nitrogens with zero attached hydrogens (tertiary/aromatic N) is 2. The van der Waals surface area contributed by atoms with Gasteiger partial charge in [-0.2, -0.15) is 0 Å². The standard InChI is InChI=1S/C25H23N3O4/c1-4-14(2)16-5-8-18(9-6-16)27-24(29)19-11-15(3)26-25-22(19)23(28-32-25)17-7-10-20-21(12-17)31-13-30-20/h5-12,14H,4,13H2,1-3H3,(H,27,29)/t14-/m0/s1. The van der Waals surface area contributed by atoms with Gasteiger partial charge in [-0.25, -0.2) is 4.98 Å². The van der Waals surface area contributed by atoms with Gasteiger partial charge in [0.2, 0.25) is 6.79 Å². The number of carbonyl (C=O) groups excluding carboxylic acids is 1. The molecule has 0 bridgehead atoms. The SMILES string of the molecule is CC[C@H](C)c1ccc(NC(=O)c2cc(C)nc3onc(-c4ccc5c(c4)OCO5)c23)cc1. The molecule has 2 aromatic heterocycles. The summed E-state index contributed by atoms with van der Waals surface area (Å²) in [4.78, 5) is 17.7. The molecule has 1 aliphatic rings. The predicted molar refractivity (Wildman–Crippen MR) is 121 cm³/mol. The Kier molecular flexibility index (Phi) is 5.01. The minimum atomic E-state index is -0.248. The van der Waals surface area contributed by atoms with E-state index in [4.69, 9.17) is 14.0 Å². The van der Waals surface area contributed by atoms with Crippen molar-refractivity contribution in [2.45, 2.75) is 33.1 Å². The fourth-order valence-electron chi connectivity index (χ4n) is 3.82. The van der Waals surface area contributed by atoms with E-state index in [1.54, 1.807) is 6.07 Å². The third-order valence-electron chi connectivity index (χ3n) is 5.82. The minimum Gasteiger partial charge on any atom is -0.454 e. The molecule has 0 aliphatic carbocycles. The lowest BCUT2D eigenvalue weighted by molar-refractivity contribution is 0.102. The minimum absolute atomic E-state index is 0.183. The van der Waals surface area contributed by atoms with Crippen LogP contribution in [-0.4, -0.2) is 22.8 Å². The highest BCUT2D eigenvalue weighted by molar-refractivity contribution is 6.14. The Hall–Kier alpha value is -3.87. The maximum absolute atomic E-state index is 13.3. The summed E-state index contributed by atoms with van der Waals surface area (Å²) in [7, 11) is 0. The first-order chi connectivity index (χ1) is 15.5. The molecule has 1 amide bonds. The lowest BCUT2D eigenvalue weighted by Crippen LogP contribution is -2.13. The molecule has 0 radical (unpaired) electrons. The molecule has 32 heavy (non-hydrogen) atoms. The molecule has 5 rings (SSSR count). The largest absolute Gasteiger partial charge is 0.454 e. The molecule has 0 fully saturated rings. The van der Waals surface area contributed by atoms with Crippen LogP contribution >= 0.6 is 0 Å². The van der Waals surface area contributed by atoms with Crippen LogP contribution in [0.3, 0.4) is 0 Å². The summed E-state index contributed by atoms with van der Waals surface area (Å²) in [5.74, 6) is 1.53. The molecule has 1 aliphatic heterocycles. The average molecular weight is 429 g/mol. The van der Waals surface area contributed by atoms with Gasteiger partial charge in [0, 0.05) is 16.9 Å². The number of anilines is 1. The van der Waals surface area contributed by atoms with E-state index < -0.39 is 0 Å². The van der Waals surface area contributed by atoms with Crippen molar-refractivity contribution >= 4 is 22.7 Å². The number of hydrogen-bond acceptors (Lipinski definition) is 6. The zero-order chi connectivity index (χ0) is 22.2. The second kappa shape index (κ2) is 8.00. The Labute approximate surface area is 185 Å². The second-order valence-corrected chi connectivity index (χ2v) is 7.98. The first-order valence-corrected chi connectivity index (χ1v) is 10.6. The van der Waals surface area contributed by atoms with E-state index in [9.17, 15) is 4.79 Å². The van der Waals surface area contributed by atoms with E-state index in [2.05, 4.69) is 41.4 Å². The quantitative estimate of drug-likeness (QED) is 0.438. The number of benzene rings is 2. The third-order valence-corrected chi connectivity index (χ3v) is 5.82. The van der Waals surface area contributed by atoms with Gasteiger partial charge in [-0.1, -0.05) is 31.1 Å². The number of rotatable bonds is 5. The molecule has 162 valence electrons. The van der Waals surface area contributed by atoms with Crippen molar-refractivity contribution in [3.63, 3.8) is 0 Å². The molecule has 1 atom stereocenters. The van der Waals surface area contributed by atoms with Crippen LogP contribution in [0.2, 0.25) is 0 Å². The monoisotopic (exact) mass is 429 g/mol. The molecule has 0 saturated carbocycles. The number of ether oxygens (including phenoxy) is 2. The lowest BCUT2D eigenvalue weighted by Gasteiger charge is -2.11. The molecule has 0 spiro atoms. The van der Waals surface area contributed by atoms with E-state index in [-0.39, 0.29) is 12.7 Å². The van der Waals surface area contributed by atoms with E-state index in [1.807, 2.05) is 37.3 Å². The number of fused-ring (bicyclic) bond motifs is 2. The molecular weight excluding hydrogens is 406 g/mol. The van der Waals surface area contributed by atoms with Crippen molar-refractivity contribution in [2.75, 3.05) is 12.1 Å². The second-order valence-electron chi connectivity index (χ2n) is 7.98. The molecule has 3 heterocycles. The van der Waals surface area contributed by atoms with Gasteiger partial charge in [0.05, 0.1) is 10.9 Å². The summed E-state index contributed by atoms with van der Waals surface area (Å²) in [6.07, 6.45) is 1.07. The number of amides is 1. The number of hydrogen-bond donors (Lipinski definition) is 1. The van der Waals surface area contributed by atoms with Crippen molar-refractivity contribution in [3.8, 4) is 22.8 Å². The molecule has 7 nitrogen and oxygen atoms in total. The predicted octanol–water partition coefficient (Wildman–Crippen LogP) is 5.69. The number of aromatic nitrogens is 2. The van der Waals surface area contributed by atoms with Gasteiger partial charge in [0.15, 0.2) is 11.5 Å². The Bertz CT molecular complexity index is 1310. The molecule has 2 aromatic carbocycles. The highest BCUT2D eigenvalue weighted by Crippen LogP contribution is 2.38. The Morgan fingerprint density at radius 1 is 1.09 bits per heavy atom. The average Bonchev–Trinajstić information content (AvgIpc) is 3.44. The third kappa shape index (κ3) is 3.56. The first-order valence-electron chi connectivity index (χ1n) is 10.6. The van der Waals surface area contributed by atoms with Gasteiger partial charge < -0.3 is 19.3 Å². The van der Waals surface area contributed by atoms with Crippen LogP contribution in [-0.2, 0) is 0 Å². The fourth-order valence-corrected chi connectivity index (χ4v) is 3.82. The first kappa shape index (κ1) is 20.1. The van der Waals surface area contributed by atoms with Gasteiger partial charge in [0.1, 0.15) is 5.69 Å². The van der Waals surface area contributed by atoms with Gasteiger partial charge in [-0.3, -0.25) is 4.79 Å². The summed E-state index contributed by atoms with van der Waals surface area (Å²) in [5, 5.41) is 7.76. The van der Waals surface area contributed by atoms with Crippen LogP contribution in [0.25, 0.3) is 22.4 Å². The van der Waals surface area contributed by atoms with E-state index >= 15 is 0 Å². The summed E-state index contributed by atoms with van der Waals surface area (Å²) in [6, 6.07) is 15.2. The zero-order valence-electron chi connectivity index (χ0n) is 18.1. The zero-order valence-corrected chi connectivity index (χ0v) is 18.1. The Morgan fingerprint density at radius 3 is 2.66 bits per heavy atom. The van der Waals surface area contributed by atoms with E-state index in [0.717, 1.165) is 17.7 Å². The summed E-state index contributed by atoms with van der Waals surface area (Å²) >= 11 is 0. The summed E-state index contributed by atoms with van der Waals surface area (Å²) < 4.78 is 16.4. The molecular formula is C25H23N3O4. The van der Waals surface area contributed by atoms with Crippen LogP contribution < -0.4 is 14.8 Å². The van der Waals surface area contributed by atoms with Crippen LogP contribution in [0.5, 0.6) is 11.5 Å². The van der Waals surface area contributed by atoms with Crippen LogP contribution in [0, 0.1) is 6.92 Å². The molecule has 0 unspecified atom stereocenters. The maximum Gasteiger partial charge on any atom is 0.259 e. The normalized spacial score (nSPS) is 13.3. The fraction of sp³-hybridized carbons (Fsp3) is 0.240. The van der Waals surface area contributed by atoms with E-state index in [0.29, 0.717) is 45.5 Å². The summed E-state index contributed by atoms with van der Waals surface area (Å²) in [5.41, 5.74) is 4.70. The van der Waals surface area contributed by atoms with Crippen LogP contribution in [0.15, 0.2) is 53.1 Å². The van der Waals surface area contributed by atoms with Gasteiger partial charge in [-0.05, 0) is 61.2 Å². The van der Waals surface area contributed by atoms with Crippen molar-refractivity contribution < 1.29 is 18.8 Å². The lowest BCUT2D eigenvalue weighted by atomic mass is 9.98. The highest BCUT2D eigenvalue weighted by atomic mass is 16.7. The van der Waals surface area contributed by atoms with Crippen molar-refractivity contribution in [1.82, 2.24) is 10.1 Å². The number of aryl methyl sites for hydroxylation is 1. The smallest absolute Gasteiger partial charge is 0.259 e. The van der Waals surface area contributed by atoms with Crippen LogP contribution in [0.1, 0.15) is 47.8 Å². The number of pyridine rings is 1. The van der Waals surface area contributed by atoms with Crippen molar-refractivity contribution in [1.29, 1.82) is 0 Å². The summed E-state index contributed by atoms with van der Waals surface area (Å²) in [6.45, 7) is 6.35. The molecule has 1 N–H and O–H groups in total. The van der Waals surface area contributed by atoms with Gasteiger partial charge in [-0.15, -0.1) is 0 Å². The number of carbonyl (C=O) groups is 1. The Morgan fingerprint density at radius 2 is 1.88 bits per heavy atom. The highest BCUT2D eigenvalue weighted by Gasteiger charge is 2.23. The van der Waals surface area contributed by atoms with Crippen molar-refractivity contribution in [3.05, 3.63) is 65.4 Å². The van der Waals surface area contributed by atoms with Gasteiger partial charge in [0.25, 0.3) is 11.6 Å². The Balaban J connectivity index is 1.52. The van der Waals surface area contributed by atoms with Gasteiger partial charge >= 0.3 is 0 Å². The molecule has 4 aromatic rings. The number of nitrogens with one attached hydrogen (secondary N) is 1. The van der Waals surface area contributed by atoms with Crippen LogP contribution in [0.4, 0.5) is 5.69 Å². The molecule has 7 heteroatoms.